The summed E-state index contributed by atoms with van der Waals surface area (Å²) in [6, 6.07) is 6.00. The maximum Gasteiger partial charge on any atom is 0.410 e. The summed E-state index contributed by atoms with van der Waals surface area (Å²) >= 11 is 4.27. The Balaban J connectivity index is 1.80. The molecule has 0 saturated carbocycles. The molecule has 1 fully saturated rings. The minimum Gasteiger partial charge on any atom is -0.445 e. The van der Waals surface area contributed by atoms with E-state index in [1.54, 1.807) is 17.0 Å². The lowest BCUT2D eigenvalue weighted by Crippen LogP contribution is -2.39. The molecular formula is C14H18N2O4S. The summed E-state index contributed by atoms with van der Waals surface area (Å²) in [7, 11) is 0. The molecule has 0 aromatic heterocycles. The first kappa shape index (κ1) is 15.6. The molecule has 0 spiro atoms. The van der Waals surface area contributed by atoms with E-state index >= 15 is 0 Å². The molecule has 2 rings (SSSR count). The highest BCUT2D eigenvalue weighted by molar-refractivity contribution is 7.80. The Kier molecular flexibility index (Phi) is 5.44. The molecule has 1 saturated heterocycles. The maximum atomic E-state index is 11.9. The molecule has 0 unspecified atom stereocenters. The molecule has 0 aliphatic carbocycles. The standard InChI is InChI=1S/C14H18N2O4S/c17-14(15-7-5-12(10-21)6-8-15)20-9-11-1-3-13(4-2-11)16(18)19/h1-4,12,21H,5-10H2. The number of nitro groups is 1. The Morgan fingerprint density at radius 3 is 2.48 bits per heavy atom. The zero-order valence-electron chi connectivity index (χ0n) is 11.6. The largest absolute Gasteiger partial charge is 0.445 e. The van der Waals surface area contributed by atoms with Crippen LogP contribution in [0.1, 0.15) is 18.4 Å². The van der Waals surface area contributed by atoms with Gasteiger partial charge in [-0.05, 0) is 42.2 Å². The smallest absolute Gasteiger partial charge is 0.410 e. The van der Waals surface area contributed by atoms with Gasteiger partial charge in [-0.2, -0.15) is 12.6 Å². The summed E-state index contributed by atoms with van der Waals surface area (Å²) < 4.78 is 5.23. The molecule has 1 aromatic carbocycles. The predicted octanol–water partition coefficient (Wildman–Crippen LogP) is 2.87. The first-order chi connectivity index (χ1) is 10.1. The Bertz CT molecular complexity index is 498. The van der Waals surface area contributed by atoms with Gasteiger partial charge in [0, 0.05) is 25.2 Å². The number of piperidine rings is 1. The fourth-order valence-corrected chi connectivity index (χ4v) is 2.61. The van der Waals surface area contributed by atoms with Gasteiger partial charge < -0.3 is 9.64 Å². The van der Waals surface area contributed by atoms with Crippen molar-refractivity contribution < 1.29 is 14.5 Å². The van der Waals surface area contributed by atoms with Crippen LogP contribution in [0.2, 0.25) is 0 Å². The number of amides is 1. The van der Waals surface area contributed by atoms with Crippen LogP contribution in [0, 0.1) is 16.0 Å². The molecule has 114 valence electrons. The monoisotopic (exact) mass is 310 g/mol. The zero-order chi connectivity index (χ0) is 15.2. The van der Waals surface area contributed by atoms with E-state index in [4.69, 9.17) is 4.74 Å². The molecule has 1 aliphatic rings. The van der Waals surface area contributed by atoms with Gasteiger partial charge in [-0.25, -0.2) is 4.79 Å². The van der Waals surface area contributed by atoms with Crippen molar-refractivity contribution in [2.45, 2.75) is 19.4 Å². The van der Waals surface area contributed by atoms with Crippen LogP contribution >= 0.6 is 12.6 Å². The molecule has 0 bridgehead atoms. The second-order valence-electron chi connectivity index (χ2n) is 5.09. The highest BCUT2D eigenvalue weighted by Crippen LogP contribution is 2.19. The van der Waals surface area contributed by atoms with Crippen molar-refractivity contribution in [3.63, 3.8) is 0 Å². The number of benzene rings is 1. The van der Waals surface area contributed by atoms with Crippen molar-refractivity contribution >= 4 is 24.4 Å². The highest BCUT2D eigenvalue weighted by atomic mass is 32.1. The lowest BCUT2D eigenvalue weighted by molar-refractivity contribution is -0.384. The van der Waals surface area contributed by atoms with Crippen LogP contribution in [0.5, 0.6) is 0 Å². The Morgan fingerprint density at radius 1 is 1.33 bits per heavy atom. The molecule has 6 nitrogen and oxygen atoms in total. The average Bonchev–Trinajstić information content (AvgIpc) is 2.53. The van der Waals surface area contributed by atoms with Gasteiger partial charge in [-0.3, -0.25) is 10.1 Å². The van der Waals surface area contributed by atoms with Gasteiger partial charge in [0.15, 0.2) is 0 Å². The van der Waals surface area contributed by atoms with E-state index in [1.165, 1.54) is 12.1 Å². The van der Waals surface area contributed by atoms with Crippen molar-refractivity contribution in [3.8, 4) is 0 Å². The molecule has 1 heterocycles. The van der Waals surface area contributed by atoms with Crippen LogP contribution in [-0.2, 0) is 11.3 Å². The second kappa shape index (κ2) is 7.31. The van der Waals surface area contributed by atoms with E-state index in [2.05, 4.69) is 12.6 Å². The molecular weight excluding hydrogens is 292 g/mol. The van der Waals surface area contributed by atoms with E-state index in [-0.39, 0.29) is 18.4 Å². The van der Waals surface area contributed by atoms with Gasteiger partial charge in [-0.15, -0.1) is 0 Å². The van der Waals surface area contributed by atoms with Gasteiger partial charge in [0.05, 0.1) is 4.92 Å². The number of non-ortho nitro benzene ring substituents is 1. The van der Waals surface area contributed by atoms with Crippen LogP contribution < -0.4 is 0 Å². The summed E-state index contributed by atoms with van der Waals surface area (Å²) in [6.07, 6.45) is 1.58. The van der Waals surface area contributed by atoms with E-state index in [9.17, 15) is 14.9 Å². The third-order valence-electron chi connectivity index (χ3n) is 3.64. The first-order valence-electron chi connectivity index (χ1n) is 6.86. The van der Waals surface area contributed by atoms with Crippen LogP contribution in [-0.4, -0.2) is 34.8 Å². The van der Waals surface area contributed by atoms with Gasteiger partial charge >= 0.3 is 6.09 Å². The molecule has 21 heavy (non-hydrogen) atoms. The van der Waals surface area contributed by atoms with Crippen molar-refractivity contribution in [2.75, 3.05) is 18.8 Å². The highest BCUT2D eigenvalue weighted by Gasteiger charge is 2.22. The number of likely N-dealkylation sites (tertiary alicyclic amines) is 1. The average molecular weight is 310 g/mol. The fourth-order valence-electron chi connectivity index (χ4n) is 2.25. The topological polar surface area (TPSA) is 72.7 Å². The van der Waals surface area contributed by atoms with Crippen LogP contribution in [0.3, 0.4) is 0 Å². The lowest BCUT2D eigenvalue weighted by Gasteiger charge is -2.30. The lowest BCUT2D eigenvalue weighted by atomic mass is 9.99. The van der Waals surface area contributed by atoms with E-state index < -0.39 is 4.92 Å². The number of nitro benzene ring substituents is 1. The minimum atomic E-state index is -0.457. The summed E-state index contributed by atoms with van der Waals surface area (Å²) in [5.74, 6) is 1.43. The summed E-state index contributed by atoms with van der Waals surface area (Å²) in [4.78, 5) is 23.7. The van der Waals surface area contributed by atoms with Gasteiger partial charge in [0.2, 0.25) is 0 Å². The molecule has 7 heteroatoms. The third-order valence-corrected chi connectivity index (χ3v) is 4.16. The molecule has 0 N–H and O–H groups in total. The van der Waals surface area contributed by atoms with Crippen molar-refractivity contribution in [2.24, 2.45) is 5.92 Å². The normalized spacial score (nSPS) is 15.8. The van der Waals surface area contributed by atoms with Crippen molar-refractivity contribution in [1.29, 1.82) is 0 Å². The fraction of sp³-hybridized carbons (Fsp3) is 0.500. The number of hydrogen-bond acceptors (Lipinski definition) is 5. The van der Waals surface area contributed by atoms with Crippen molar-refractivity contribution in [1.82, 2.24) is 4.90 Å². The number of hydrogen-bond donors (Lipinski definition) is 1. The number of carbonyl (C=O) groups is 1. The van der Waals surface area contributed by atoms with Gasteiger partial charge in [0.25, 0.3) is 5.69 Å². The summed E-state index contributed by atoms with van der Waals surface area (Å²) in [5, 5.41) is 10.5. The van der Waals surface area contributed by atoms with Crippen LogP contribution in [0.4, 0.5) is 10.5 Å². The quantitative estimate of drug-likeness (QED) is 0.527. The number of ether oxygens (including phenoxy) is 1. The molecule has 1 amide bonds. The number of carbonyl (C=O) groups excluding carboxylic acids is 1. The zero-order valence-corrected chi connectivity index (χ0v) is 12.5. The second-order valence-corrected chi connectivity index (χ2v) is 5.46. The van der Waals surface area contributed by atoms with Crippen LogP contribution in [0.15, 0.2) is 24.3 Å². The number of thiol groups is 1. The van der Waals surface area contributed by atoms with Gasteiger partial charge in [-0.1, -0.05) is 0 Å². The Labute approximate surface area is 128 Å². The number of rotatable bonds is 4. The molecule has 0 radical (unpaired) electrons. The summed E-state index contributed by atoms with van der Waals surface area (Å²) in [6.45, 7) is 1.53. The summed E-state index contributed by atoms with van der Waals surface area (Å²) in [5.41, 5.74) is 0.762. The van der Waals surface area contributed by atoms with Crippen LogP contribution in [0.25, 0.3) is 0 Å². The molecule has 0 atom stereocenters. The predicted molar refractivity (Wildman–Crippen MR) is 81.4 cm³/mol. The van der Waals surface area contributed by atoms with Gasteiger partial charge in [0.1, 0.15) is 6.61 Å². The Hall–Kier alpha value is -1.76. The molecule has 1 aliphatic heterocycles. The van der Waals surface area contributed by atoms with E-state index in [1.807, 2.05) is 0 Å². The van der Waals surface area contributed by atoms with E-state index in [0.717, 1.165) is 24.2 Å². The maximum absolute atomic E-state index is 11.9. The minimum absolute atomic E-state index is 0.0268. The molecule has 1 aromatic rings. The third kappa shape index (κ3) is 4.35. The Morgan fingerprint density at radius 2 is 1.95 bits per heavy atom. The van der Waals surface area contributed by atoms with Crippen molar-refractivity contribution in [3.05, 3.63) is 39.9 Å². The number of nitrogens with zero attached hydrogens (tertiary/aromatic N) is 2. The van der Waals surface area contributed by atoms with E-state index in [0.29, 0.717) is 19.0 Å². The SMILES string of the molecule is O=C(OCc1ccc([N+](=O)[O-])cc1)N1CCC(CS)CC1. The first-order valence-corrected chi connectivity index (χ1v) is 7.49.